The van der Waals surface area contributed by atoms with E-state index in [-0.39, 0.29) is 28.8 Å². The Hall–Kier alpha value is -2.82. The fraction of sp³-hybridized carbons (Fsp3) is 0.250. The Bertz CT molecular complexity index is 960. The van der Waals surface area contributed by atoms with Crippen molar-refractivity contribution in [1.82, 2.24) is 4.98 Å². The highest BCUT2D eigenvalue weighted by molar-refractivity contribution is 7.92. The van der Waals surface area contributed by atoms with E-state index in [1.165, 1.54) is 24.3 Å². The molecule has 1 aromatic heterocycles. The molecule has 27 heavy (non-hydrogen) atoms. The van der Waals surface area contributed by atoms with Gasteiger partial charge in [-0.3, -0.25) is 9.52 Å². The summed E-state index contributed by atoms with van der Waals surface area (Å²) >= 11 is 0. The number of hydrogen-bond acceptors (Lipinski definition) is 5. The number of amides is 1. The van der Waals surface area contributed by atoms with Gasteiger partial charge in [0.15, 0.2) is 6.61 Å². The van der Waals surface area contributed by atoms with E-state index in [2.05, 4.69) is 19.8 Å². The zero-order valence-electron chi connectivity index (χ0n) is 13.7. The van der Waals surface area contributed by atoms with E-state index in [9.17, 15) is 26.4 Å². The molecule has 0 aliphatic carbocycles. The van der Waals surface area contributed by atoms with Crippen LogP contribution in [-0.4, -0.2) is 32.1 Å². The van der Waals surface area contributed by atoms with Crippen LogP contribution in [0.5, 0.6) is 5.88 Å². The molecule has 1 aliphatic rings. The maximum Gasteiger partial charge on any atom is 0.422 e. The van der Waals surface area contributed by atoms with Crippen LogP contribution in [0, 0.1) is 0 Å². The molecule has 0 bridgehead atoms. The van der Waals surface area contributed by atoms with Gasteiger partial charge in [0.1, 0.15) is 0 Å². The minimum absolute atomic E-state index is 0.00482. The van der Waals surface area contributed by atoms with Gasteiger partial charge in [-0.05, 0) is 36.2 Å². The number of aryl methyl sites for hydroxylation is 1. The second-order valence-electron chi connectivity index (χ2n) is 5.76. The van der Waals surface area contributed by atoms with Gasteiger partial charge in [-0.1, -0.05) is 0 Å². The van der Waals surface area contributed by atoms with Gasteiger partial charge in [0.2, 0.25) is 11.8 Å². The number of sulfonamides is 1. The normalized spacial score (nSPS) is 14.3. The highest BCUT2D eigenvalue weighted by atomic mass is 32.2. The van der Waals surface area contributed by atoms with Crippen LogP contribution in [0.1, 0.15) is 12.0 Å². The molecular weight excluding hydrogens is 387 g/mol. The molecule has 2 N–H and O–H groups in total. The summed E-state index contributed by atoms with van der Waals surface area (Å²) in [5, 5.41) is 2.66. The van der Waals surface area contributed by atoms with Gasteiger partial charge in [-0.2, -0.15) is 13.2 Å². The molecule has 0 fully saturated rings. The Labute approximate surface area is 152 Å². The zero-order chi connectivity index (χ0) is 19.7. The van der Waals surface area contributed by atoms with E-state index < -0.39 is 22.8 Å². The highest BCUT2D eigenvalue weighted by Gasteiger charge is 2.28. The van der Waals surface area contributed by atoms with Crippen molar-refractivity contribution in [2.24, 2.45) is 0 Å². The fourth-order valence-electron chi connectivity index (χ4n) is 2.42. The molecule has 1 aliphatic heterocycles. The van der Waals surface area contributed by atoms with Crippen LogP contribution in [0.4, 0.5) is 24.5 Å². The number of anilines is 2. The third-order valence-corrected chi connectivity index (χ3v) is 5.03. The summed E-state index contributed by atoms with van der Waals surface area (Å²) in [6.45, 7) is -1.49. The molecule has 2 heterocycles. The minimum Gasteiger partial charge on any atom is -0.468 e. The zero-order valence-corrected chi connectivity index (χ0v) is 14.5. The van der Waals surface area contributed by atoms with Crippen LogP contribution >= 0.6 is 0 Å². The first-order chi connectivity index (χ1) is 12.6. The summed E-state index contributed by atoms with van der Waals surface area (Å²) in [7, 11) is -3.93. The molecule has 1 aromatic carbocycles. The van der Waals surface area contributed by atoms with E-state index in [0.717, 1.165) is 12.3 Å². The topological polar surface area (TPSA) is 97.4 Å². The highest BCUT2D eigenvalue weighted by Crippen LogP contribution is 2.26. The third kappa shape index (κ3) is 4.88. The van der Waals surface area contributed by atoms with Gasteiger partial charge < -0.3 is 10.1 Å². The lowest BCUT2D eigenvalue weighted by molar-refractivity contribution is -0.154. The molecular formula is C16H14F3N3O4S. The van der Waals surface area contributed by atoms with Crippen molar-refractivity contribution < 1.29 is 31.1 Å². The number of pyridine rings is 1. The number of aromatic nitrogens is 1. The molecule has 1 amide bonds. The number of nitrogens with zero attached hydrogens (tertiary/aromatic N) is 1. The molecule has 11 heteroatoms. The second kappa shape index (κ2) is 7.06. The molecule has 7 nitrogen and oxygen atoms in total. The first-order valence-corrected chi connectivity index (χ1v) is 9.22. The average Bonchev–Trinajstić information content (AvgIpc) is 2.59. The number of carbonyl (C=O) groups excluding carboxylic acids is 1. The van der Waals surface area contributed by atoms with Crippen LogP contribution in [-0.2, 0) is 21.2 Å². The number of carbonyl (C=O) groups is 1. The van der Waals surface area contributed by atoms with Crippen molar-refractivity contribution in [3.63, 3.8) is 0 Å². The molecule has 0 saturated heterocycles. The number of alkyl halides is 3. The Balaban J connectivity index is 1.72. The second-order valence-corrected chi connectivity index (χ2v) is 7.44. The van der Waals surface area contributed by atoms with Gasteiger partial charge in [-0.25, -0.2) is 13.4 Å². The lowest BCUT2D eigenvalue weighted by Crippen LogP contribution is -2.20. The van der Waals surface area contributed by atoms with Crippen LogP contribution in [0.25, 0.3) is 0 Å². The Kier molecular flexibility index (Phi) is 4.96. The number of fused-ring (bicyclic) bond motifs is 1. The van der Waals surface area contributed by atoms with Crippen molar-refractivity contribution in [2.75, 3.05) is 16.6 Å². The molecule has 0 saturated carbocycles. The number of ether oxygens (including phenoxy) is 1. The lowest BCUT2D eigenvalue weighted by atomic mass is 10.0. The standard InChI is InChI=1S/C16H14F3N3O4S/c17-16(18,19)9-26-15-6-2-11(8-20-15)22-27(24,25)12-3-4-13-10(7-12)1-5-14(23)21-13/h2-4,6-8,22H,1,5,9H2,(H,21,23). The van der Waals surface area contributed by atoms with Crippen LogP contribution in [0.15, 0.2) is 41.4 Å². The Morgan fingerprint density at radius 2 is 1.96 bits per heavy atom. The molecule has 0 unspecified atom stereocenters. The number of hydrogen-bond donors (Lipinski definition) is 2. The molecule has 0 atom stereocenters. The summed E-state index contributed by atoms with van der Waals surface area (Å²) in [6.07, 6.45) is -2.74. The number of rotatable bonds is 5. The SMILES string of the molecule is O=C1CCc2cc(S(=O)(=O)Nc3ccc(OCC(F)(F)F)nc3)ccc2N1. The summed E-state index contributed by atoms with van der Waals surface area (Å²) in [5.41, 5.74) is 1.34. The molecule has 2 aromatic rings. The van der Waals surface area contributed by atoms with E-state index in [1.54, 1.807) is 0 Å². The molecule has 0 spiro atoms. The maximum atomic E-state index is 12.5. The van der Waals surface area contributed by atoms with Crippen molar-refractivity contribution >= 4 is 27.3 Å². The fourth-order valence-corrected chi connectivity index (χ4v) is 3.52. The minimum atomic E-state index is -4.49. The number of halogens is 3. The molecule has 144 valence electrons. The third-order valence-electron chi connectivity index (χ3n) is 3.65. The summed E-state index contributed by atoms with van der Waals surface area (Å²) in [5.74, 6) is -0.407. The molecule has 3 rings (SSSR count). The van der Waals surface area contributed by atoms with E-state index in [1.807, 2.05) is 0 Å². The smallest absolute Gasteiger partial charge is 0.422 e. The largest absolute Gasteiger partial charge is 0.468 e. The van der Waals surface area contributed by atoms with Gasteiger partial charge in [-0.15, -0.1) is 0 Å². The first kappa shape index (κ1) is 19.0. The van der Waals surface area contributed by atoms with Gasteiger partial charge in [0, 0.05) is 18.2 Å². The Morgan fingerprint density at radius 3 is 2.63 bits per heavy atom. The average molecular weight is 401 g/mol. The summed E-state index contributed by atoms with van der Waals surface area (Å²) in [6, 6.07) is 6.69. The van der Waals surface area contributed by atoms with E-state index in [4.69, 9.17) is 0 Å². The predicted molar refractivity (Wildman–Crippen MR) is 90.0 cm³/mol. The van der Waals surface area contributed by atoms with Gasteiger partial charge in [0.25, 0.3) is 10.0 Å². The van der Waals surface area contributed by atoms with Crippen LogP contribution < -0.4 is 14.8 Å². The van der Waals surface area contributed by atoms with Gasteiger partial charge >= 0.3 is 6.18 Å². The predicted octanol–water partition coefficient (Wildman–Crippen LogP) is 2.71. The molecule has 0 radical (unpaired) electrons. The lowest BCUT2D eigenvalue weighted by Gasteiger charge is -2.17. The van der Waals surface area contributed by atoms with Crippen molar-refractivity contribution in [3.05, 3.63) is 42.1 Å². The quantitative estimate of drug-likeness (QED) is 0.803. The number of benzene rings is 1. The van der Waals surface area contributed by atoms with E-state index >= 15 is 0 Å². The van der Waals surface area contributed by atoms with E-state index in [0.29, 0.717) is 17.7 Å². The van der Waals surface area contributed by atoms with Crippen molar-refractivity contribution in [1.29, 1.82) is 0 Å². The van der Waals surface area contributed by atoms with Crippen LogP contribution in [0.2, 0.25) is 0 Å². The Morgan fingerprint density at radius 1 is 1.19 bits per heavy atom. The monoisotopic (exact) mass is 401 g/mol. The number of nitrogens with one attached hydrogen (secondary N) is 2. The first-order valence-electron chi connectivity index (χ1n) is 7.74. The van der Waals surface area contributed by atoms with Crippen molar-refractivity contribution in [2.45, 2.75) is 23.9 Å². The maximum absolute atomic E-state index is 12.5. The van der Waals surface area contributed by atoms with Gasteiger partial charge in [0.05, 0.1) is 16.8 Å². The summed E-state index contributed by atoms with van der Waals surface area (Å²) < 4.78 is 68.0. The van der Waals surface area contributed by atoms with Crippen LogP contribution in [0.3, 0.4) is 0 Å². The summed E-state index contributed by atoms with van der Waals surface area (Å²) in [4.78, 5) is 15.0. The van der Waals surface area contributed by atoms with Crippen molar-refractivity contribution in [3.8, 4) is 5.88 Å².